The van der Waals surface area contributed by atoms with E-state index in [1.54, 1.807) is 0 Å². The number of rotatable bonds is 2. The van der Waals surface area contributed by atoms with E-state index in [2.05, 4.69) is 15.9 Å². The van der Waals surface area contributed by atoms with Crippen molar-refractivity contribution in [3.05, 3.63) is 34.1 Å². The molecule has 1 aliphatic heterocycles. The number of nitrogens with zero attached hydrogens (tertiary/aromatic N) is 1. The fraction of sp³-hybridized carbons (Fsp3) is 0.333. The minimum Gasteiger partial charge on any atom is -0.391 e. The van der Waals surface area contributed by atoms with Crippen molar-refractivity contribution >= 4 is 27.7 Å². The number of aliphatic hydroxyl groups excluding tert-OH is 1. The quantitative estimate of drug-likeness (QED) is 0.835. The Morgan fingerprint density at radius 2 is 2.16 bits per heavy atom. The summed E-state index contributed by atoms with van der Waals surface area (Å²) in [6, 6.07) is 3.06. The van der Waals surface area contributed by atoms with E-state index in [0.29, 0.717) is 4.47 Å². The Morgan fingerprint density at radius 3 is 2.79 bits per heavy atom. The van der Waals surface area contributed by atoms with Gasteiger partial charge in [-0.25, -0.2) is 4.39 Å². The summed E-state index contributed by atoms with van der Waals surface area (Å²) in [5.74, 6) is -2.04. The number of amides is 2. The van der Waals surface area contributed by atoms with Crippen LogP contribution in [0.1, 0.15) is 16.8 Å². The number of primary amides is 1. The fourth-order valence-electron chi connectivity index (χ4n) is 2.12. The van der Waals surface area contributed by atoms with Gasteiger partial charge in [0.25, 0.3) is 5.91 Å². The number of hydrogen-bond donors (Lipinski definition) is 2. The first-order chi connectivity index (χ1) is 8.90. The van der Waals surface area contributed by atoms with E-state index in [9.17, 15) is 19.1 Å². The van der Waals surface area contributed by atoms with Gasteiger partial charge in [-0.3, -0.25) is 9.59 Å². The number of β-amino-alcohol motifs (C(OH)–C–C–N with tert-alkyl or cyclic N) is 1. The molecule has 0 aliphatic carbocycles. The molecular weight excluding hydrogens is 319 g/mol. The van der Waals surface area contributed by atoms with Gasteiger partial charge in [0, 0.05) is 17.4 Å². The number of carbonyl (C=O) groups is 2. The lowest BCUT2D eigenvalue weighted by Crippen LogP contribution is -2.44. The van der Waals surface area contributed by atoms with Crippen molar-refractivity contribution in [2.24, 2.45) is 5.73 Å². The molecule has 0 aromatic heterocycles. The summed E-state index contributed by atoms with van der Waals surface area (Å²) in [6.07, 6.45) is -0.742. The van der Waals surface area contributed by atoms with Gasteiger partial charge >= 0.3 is 0 Å². The van der Waals surface area contributed by atoms with Crippen molar-refractivity contribution in [2.45, 2.75) is 18.6 Å². The summed E-state index contributed by atoms with van der Waals surface area (Å²) >= 11 is 3.15. The number of carbonyl (C=O) groups excluding carboxylic acids is 2. The van der Waals surface area contributed by atoms with Crippen molar-refractivity contribution in [3.8, 4) is 0 Å². The minimum absolute atomic E-state index is 0.0294. The summed E-state index contributed by atoms with van der Waals surface area (Å²) in [5.41, 5.74) is 5.03. The average Bonchev–Trinajstić information content (AvgIpc) is 2.74. The topological polar surface area (TPSA) is 83.6 Å². The largest absolute Gasteiger partial charge is 0.391 e. The molecule has 1 aromatic carbocycles. The molecule has 2 atom stereocenters. The van der Waals surface area contributed by atoms with Crippen LogP contribution in [-0.2, 0) is 4.79 Å². The van der Waals surface area contributed by atoms with Crippen LogP contribution in [0.15, 0.2) is 22.7 Å². The smallest absolute Gasteiger partial charge is 0.257 e. The predicted molar refractivity (Wildman–Crippen MR) is 68.7 cm³/mol. The highest BCUT2D eigenvalue weighted by atomic mass is 79.9. The molecule has 0 saturated carbocycles. The Balaban J connectivity index is 2.33. The molecule has 0 spiro atoms. The van der Waals surface area contributed by atoms with Gasteiger partial charge in [-0.15, -0.1) is 0 Å². The summed E-state index contributed by atoms with van der Waals surface area (Å²) in [5, 5.41) is 9.53. The molecule has 19 heavy (non-hydrogen) atoms. The van der Waals surface area contributed by atoms with Crippen LogP contribution < -0.4 is 5.73 Å². The molecule has 102 valence electrons. The van der Waals surface area contributed by atoms with E-state index >= 15 is 0 Å². The first-order valence-electron chi connectivity index (χ1n) is 5.63. The Hall–Kier alpha value is -1.47. The van der Waals surface area contributed by atoms with Crippen molar-refractivity contribution in [2.75, 3.05) is 6.54 Å². The summed E-state index contributed by atoms with van der Waals surface area (Å²) < 4.78 is 14.2. The number of hydrogen-bond acceptors (Lipinski definition) is 3. The lowest BCUT2D eigenvalue weighted by molar-refractivity contribution is -0.121. The van der Waals surface area contributed by atoms with Crippen LogP contribution in [-0.4, -0.2) is 40.5 Å². The maximum absolute atomic E-state index is 13.7. The molecule has 5 nitrogen and oxygen atoms in total. The van der Waals surface area contributed by atoms with Gasteiger partial charge in [0.05, 0.1) is 11.7 Å². The second-order valence-corrected chi connectivity index (χ2v) is 5.31. The monoisotopic (exact) mass is 330 g/mol. The Kier molecular flexibility index (Phi) is 3.86. The number of nitrogens with two attached hydrogens (primary N) is 1. The van der Waals surface area contributed by atoms with E-state index in [1.165, 1.54) is 12.1 Å². The highest BCUT2D eigenvalue weighted by Crippen LogP contribution is 2.23. The predicted octanol–water partition coefficient (Wildman–Crippen LogP) is 0.649. The highest BCUT2D eigenvalue weighted by molar-refractivity contribution is 9.10. The van der Waals surface area contributed by atoms with Gasteiger partial charge in [-0.2, -0.15) is 0 Å². The molecule has 1 aromatic rings. The molecule has 2 unspecified atom stereocenters. The van der Waals surface area contributed by atoms with E-state index < -0.39 is 29.8 Å². The third kappa shape index (κ3) is 2.76. The van der Waals surface area contributed by atoms with Crippen molar-refractivity contribution in [1.82, 2.24) is 4.90 Å². The average molecular weight is 331 g/mol. The van der Waals surface area contributed by atoms with Crippen LogP contribution in [0.4, 0.5) is 4.39 Å². The molecule has 3 N–H and O–H groups in total. The third-order valence-corrected chi connectivity index (χ3v) is 3.52. The van der Waals surface area contributed by atoms with Gasteiger partial charge < -0.3 is 15.7 Å². The first-order valence-corrected chi connectivity index (χ1v) is 6.43. The summed E-state index contributed by atoms with van der Waals surface area (Å²) in [6.45, 7) is -0.0294. The zero-order chi connectivity index (χ0) is 14.2. The standard InChI is InChI=1S/C12H12BrFN2O3/c13-6-1-2-9(14)8(3-6)12(19)16-5-7(17)4-10(16)11(15)18/h1-3,7,10,17H,4-5H2,(H2,15,18). The molecule has 2 amide bonds. The van der Waals surface area contributed by atoms with Crippen molar-refractivity contribution < 1.29 is 19.1 Å². The summed E-state index contributed by atoms with van der Waals surface area (Å²) in [7, 11) is 0. The first kappa shape index (κ1) is 14.0. The Morgan fingerprint density at radius 1 is 1.47 bits per heavy atom. The van der Waals surface area contributed by atoms with Gasteiger partial charge in [-0.1, -0.05) is 15.9 Å². The third-order valence-electron chi connectivity index (χ3n) is 3.03. The molecule has 1 fully saturated rings. The molecule has 0 radical (unpaired) electrons. The minimum atomic E-state index is -0.902. The fourth-order valence-corrected chi connectivity index (χ4v) is 2.49. The van der Waals surface area contributed by atoms with E-state index in [4.69, 9.17) is 5.73 Å². The molecular formula is C12H12BrFN2O3. The second-order valence-electron chi connectivity index (χ2n) is 4.39. The van der Waals surface area contributed by atoms with Crippen molar-refractivity contribution in [1.29, 1.82) is 0 Å². The number of halogens is 2. The number of likely N-dealkylation sites (tertiary alicyclic amines) is 1. The molecule has 2 rings (SSSR count). The lowest BCUT2D eigenvalue weighted by atomic mass is 10.1. The molecule has 1 saturated heterocycles. The Bertz CT molecular complexity index is 538. The van der Waals surface area contributed by atoms with Gasteiger partial charge in [-0.05, 0) is 18.2 Å². The molecule has 0 bridgehead atoms. The molecule has 1 aliphatic rings. The van der Waals surface area contributed by atoms with E-state index in [0.717, 1.165) is 11.0 Å². The highest BCUT2D eigenvalue weighted by Gasteiger charge is 2.38. The molecule has 7 heteroatoms. The van der Waals surface area contributed by atoms with Crippen LogP contribution in [0.2, 0.25) is 0 Å². The van der Waals surface area contributed by atoms with Gasteiger partial charge in [0.2, 0.25) is 5.91 Å². The van der Waals surface area contributed by atoms with Gasteiger partial charge in [0.15, 0.2) is 0 Å². The van der Waals surface area contributed by atoms with E-state index in [-0.39, 0.29) is 18.5 Å². The van der Waals surface area contributed by atoms with Crippen LogP contribution in [0, 0.1) is 5.82 Å². The number of aliphatic hydroxyl groups is 1. The maximum Gasteiger partial charge on any atom is 0.257 e. The second kappa shape index (κ2) is 5.26. The van der Waals surface area contributed by atoms with Crippen molar-refractivity contribution in [3.63, 3.8) is 0 Å². The normalized spacial score (nSPS) is 22.6. The zero-order valence-electron chi connectivity index (χ0n) is 9.85. The van der Waals surface area contributed by atoms with Crippen LogP contribution in [0.25, 0.3) is 0 Å². The van der Waals surface area contributed by atoms with Gasteiger partial charge in [0.1, 0.15) is 11.9 Å². The van der Waals surface area contributed by atoms with Crippen LogP contribution in [0.3, 0.4) is 0 Å². The zero-order valence-corrected chi connectivity index (χ0v) is 11.4. The Labute approximate surface area is 117 Å². The van der Waals surface area contributed by atoms with Crippen LogP contribution in [0.5, 0.6) is 0 Å². The van der Waals surface area contributed by atoms with E-state index in [1.807, 2.05) is 0 Å². The number of benzene rings is 1. The SMILES string of the molecule is NC(=O)C1CC(O)CN1C(=O)c1cc(Br)ccc1F. The summed E-state index contributed by atoms with van der Waals surface area (Å²) in [4.78, 5) is 24.6. The van der Waals surface area contributed by atoms with Crippen LogP contribution >= 0.6 is 15.9 Å². The lowest BCUT2D eigenvalue weighted by Gasteiger charge is -2.22. The molecule has 1 heterocycles. The maximum atomic E-state index is 13.7.